The van der Waals surface area contributed by atoms with E-state index in [0.29, 0.717) is 5.56 Å². The van der Waals surface area contributed by atoms with Gasteiger partial charge in [0.25, 0.3) is 0 Å². The number of Topliss-reactive ketones (excluding diaryl/α,β-unsaturated/α-hetero) is 2. The van der Waals surface area contributed by atoms with Crippen LogP contribution in [-0.4, -0.2) is 111 Å². The van der Waals surface area contributed by atoms with Crippen molar-refractivity contribution in [3.05, 3.63) is 88.4 Å². The molecule has 1 aliphatic heterocycles. The summed E-state index contributed by atoms with van der Waals surface area (Å²) in [6.45, 7) is -0.994. The third-order valence-electron chi connectivity index (χ3n) is 7.57. The van der Waals surface area contributed by atoms with Gasteiger partial charge in [-0.25, -0.2) is 0 Å². The number of carbonyl (C=O) groups excluding carboxylic acids is 2. The molecule has 1 heterocycles. The van der Waals surface area contributed by atoms with E-state index in [-0.39, 0.29) is 17.1 Å². The van der Waals surface area contributed by atoms with Crippen LogP contribution in [0.1, 0.15) is 23.5 Å². The molecule has 0 aromatic heterocycles. The van der Waals surface area contributed by atoms with Crippen molar-refractivity contribution in [2.24, 2.45) is 0 Å². The first kappa shape index (κ1) is 32.3. The normalized spacial score (nSPS) is 29.6. The van der Waals surface area contributed by atoms with Crippen molar-refractivity contribution in [3.8, 4) is 11.5 Å². The lowest BCUT2D eigenvalue weighted by atomic mass is 9.67. The number of phenolic OH excluding ortho intramolecular Hbond substituents is 2. The van der Waals surface area contributed by atoms with E-state index in [9.17, 15) is 65.4 Å². The number of phenols is 2. The molecule has 234 valence electrons. The summed E-state index contributed by atoms with van der Waals surface area (Å²) in [5.74, 6) is -9.00. The fraction of sp³-hybridized carbons (Fsp3) is 0.300. The molecule has 2 aliphatic rings. The van der Waals surface area contributed by atoms with Crippen molar-refractivity contribution in [2.75, 3.05) is 6.61 Å². The molecule has 1 aliphatic carbocycles. The molecule has 0 radical (unpaired) electrons. The molecule has 44 heavy (non-hydrogen) atoms. The third kappa shape index (κ3) is 5.81. The van der Waals surface area contributed by atoms with Gasteiger partial charge in [0.05, 0.1) is 13.0 Å². The Morgan fingerprint density at radius 3 is 1.98 bits per heavy atom. The van der Waals surface area contributed by atoms with E-state index >= 15 is 0 Å². The standard InChI is InChI=1S/C30H30O14/c31-12-19-23(37)25(39)26(40)29(44-19)30(43)27(41)21(17(11-20(35)36)14-4-8-16(33)9-5-14)24(38)22(28(30)42)18(34)10-3-13-1-6-15(32)7-2-13/h1-10,17,19,23,25-26,29,31-34,37-40,43H,11-12H2,(H,35,36)/b10-3+,22-18-/t17-,19+,23+,25-,26+,29+,30?/m0/s1. The van der Waals surface area contributed by atoms with Crippen LogP contribution in [0.5, 0.6) is 11.5 Å². The number of ether oxygens (including phenoxy) is 1. The van der Waals surface area contributed by atoms with Gasteiger partial charge in [-0.2, -0.15) is 0 Å². The summed E-state index contributed by atoms with van der Waals surface area (Å²) in [6, 6.07) is 10.2. The number of aliphatic hydroxyl groups is 7. The first-order valence-corrected chi connectivity index (χ1v) is 13.2. The molecular weight excluding hydrogens is 584 g/mol. The van der Waals surface area contributed by atoms with Crippen LogP contribution in [0, 0.1) is 0 Å². The predicted molar refractivity (Wildman–Crippen MR) is 148 cm³/mol. The molecule has 2 aromatic carbocycles. The van der Waals surface area contributed by atoms with Gasteiger partial charge in [-0.15, -0.1) is 0 Å². The minimum Gasteiger partial charge on any atom is -0.508 e. The summed E-state index contributed by atoms with van der Waals surface area (Å²) in [4.78, 5) is 39.8. The maximum Gasteiger partial charge on any atom is 0.304 e. The van der Waals surface area contributed by atoms with Crippen molar-refractivity contribution in [2.45, 2.75) is 48.5 Å². The van der Waals surface area contributed by atoms with Gasteiger partial charge in [0.15, 0.2) is 0 Å². The fourth-order valence-electron chi connectivity index (χ4n) is 5.23. The summed E-state index contributed by atoms with van der Waals surface area (Å²) in [7, 11) is 0. The maximum atomic E-state index is 14.1. The Morgan fingerprint density at radius 1 is 0.864 bits per heavy atom. The zero-order chi connectivity index (χ0) is 32.5. The first-order valence-electron chi connectivity index (χ1n) is 13.2. The molecule has 7 atom stereocenters. The highest BCUT2D eigenvalue weighted by atomic mass is 16.6. The van der Waals surface area contributed by atoms with Crippen LogP contribution >= 0.6 is 0 Å². The minimum absolute atomic E-state index is 0.0177. The Kier molecular flexibility index (Phi) is 9.25. The second-order valence-electron chi connectivity index (χ2n) is 10.4. The fourth-order valence-corrected chi connectivity index (χ4v) is 5.23. The molecule has 1 unspecified atom stereocenters. The summed E-state index contributed by atoms with van der Waals surface area (Å²) < 4.78 is 5.35. The molecule has 1 fully saturated rings. The quantitative estimate of drug-likeness (QED) is 0.104. The van der Waals surface area contributed by atoms with E-state index in [4.69, 9.17) is 4.74 Å². The molecule has 14 nitrogen and oxygen atoms in total. The molecule has 10 N–H and O–H groups in total. The zero-order valence-electron chi connectivity index (χ0n) is 22.8. The second kappa shape index (κ2) is 12.6. The molecular formula is C30H30O14. The van der Waals surface area contributed by atoms with Crippen LogP contribution in [0.25, 0.3) is 6.08 Å². The van der Waals surface area contributed by atoms with Crippen molar-refractivity contribution in [3.63, 3.8) is 0 Å². The van der Waals surface area contributed by atoms with Gasteiger partial charge in [-0.1, -0.05) is 30.3 Å². The van der Waals surface area contributed by atoms with Crippen LogP contribution in [0.4, 0.5) is 0 Å². The summed E-state index contributed by atoms with van der Waals surface area (Å²) >= 11 is 0. The Balaban J connectivity index is 1.98. The monoisotopic (exact) mass is 614 g/mol. The maximum absolute atomic E-state index is 14.1. The topological polar surface area (TPSA) is 263 Å². The summed E-state index contributed by atoms with van der Waals surface area (Å²) in [5, 5.41) is 104. The van der Waals surface area contributed by atoms with Crippen molar-refractivity contribution in [1.82, 2.24) is 0 Å². The number of rotatable bonds is 8. The van der Waals surface area contributed by atoms with E-state index in [0.717, 1.165) is 18.2 Å². The largest absolute Gasteiger partial charge is 0.508 e. The van der Waals surface area contributed by atoms with Crippen LogP contribution < -0.4 is 0 Å². The minimum atomic E-state index is -3.54. The van der Waals surface area contributed by atoms with E-state index in [1.807, 2.05) is 0 Å². The number of carbonyl (C=O) groups is 3. The average molecular weight is 615 g/mol. The number of aliphatic carboxylic acids is 1. The number of ketones is 2. The Morgan fingerprint density at radius 2 is 1.43 bits per heavy atom. The number of carboxylic acid groups (broad SMARTS) is 1. The van der Waals surface area contributed by atoms with Crippen molar-refractivity contribution >= 4 is 23.6 Å². The third-order valence-corrected chi connectivity index (χ3v) is 7.57. The first-order chi connectivity index (χ1) is 20.7. The van der Waals surface area contributed by atoms with Gasteiger partial charge in [0.2, 0.25) is 17.2 Å². The molecule has 0 spiro atoms. The van der Waals surface area contributed by atoms with Crippen LogP contribution in [-0.2, 0) is 19.1 Å². The van der Waals surface area contributed by atoms with Crippen LogP contribution in [0.3, 0.4) is 0 Å². The lowest BCUT2D eigenvalue weighted by molar-refractivity contribution is -0.260. The number of hydrogen-bond acceptors (Lipinski definition) is 13. The highest BCUT2D eigenvalue weighted by Crippen LogP contribution is 2.44. The zero-order valence-corrected chi connectivity index (χ0v) is 22.8. The highest BCUT2D eigenvalue weighted by Gasteiger charge is 2.64. The van der Waals surface area contributed by atoms with Gasteiger partial charge in [0, 0.05) is 11.5 Å². The van der Waals surface area contributed by atoms with E-state index < -0.39 is 95.3 Å². The van der Waals surface area contributed by atoms with E-state index in [1.54, 1.807) is 0 Å². The number of benzene rings is 2. The van der Waals surface area contributed by atoms with E-state index in [2.05, 4.69) is 0 Å². The van der Waals surface area contributed by atoms with E-state index in [1.165, 1.54) is 42.5 Å². The Bertz CT molecular complexity index is 1520. The Hall–Kier alpha value is -4.57. The molecule has 0 saturated carbocycles. The molecule has 2 aromatic rings. The van der Waals surface area contributed by atoms with Crippen molar-refractivity contribution < 1.29 is 70.2 Å². The molecule has 1 saturated heterocycles. The molecule has 0 bridgehead atoms. The Labute approximate surface area is 249 Å². The average Bonchev–Trinajstić information content (AvgIpc) is 2.98. The van der Waals surface area contributed by atoms with Crippen molar-refractivity contribution in [1.29, 1.82) is 0 Å². The highest BCUT2D eigenvalue weighted by molar-refractivity contribution is 6.28. The van der Waals surface area contributed by atoms with Gasteiger partial charge in [-0.05, 0) is 41.5 Å². The lowest BCUT2D eigenvalue weighted by Crippen LogP contribution is -2.71. The molecule has 4 rings (SSSR count). The second-order valence-corrected chi connectivity index (χ2v) is 10.4. The number of allylic oxidation sites excluding steroid dienone is 2. The molecule has 0 amide bonds. The van der Waals surface area contributed by atoms with Gasteiger partial charge in [0.1, 0.15) is 59.1 Å². The number of hydrogen-bond donors (Lipinski definition) is 10. The SMILES string of the molecule is O=C(O)C[C@H](C1=C(O)/C(=C(O)\C=C\c2ccc(O)cc2)C(=O)C(O)([C@@H]2O[C@H](CO)[C@@H](O)[C@H](O)[C@H]2O)C1=O)c1ccc(O)cc1. The van der Waals surface area contributed by atoms with Gasteiger partial charge >= 0.3 is 5.97 Å². The summed E-state index contributed by atoms with van der Waals surface area (Å²) in [5.41, 5.74) is -5.11. The number of carboxylic acids is 1. The predicted octanol–water partition coefficient (Wildman–Crippen LogP) is -0.281. The number of aliphatic hydroxyl groups excluding tert-OH is 6. The van der Waals surface area contributed by atoms with Crippen LogP contribution in [0.2, 0.25) is 0 Å². The lowest BCUT2D eigenvalue weighted by Gasteiger charge is -2.47. The van der Waals surface area contributed by atoms with Gasteiger partial charge in [-0.3, -0.25) is 14.4 Å². The van der Waals surface area contributed by atoms with Gasteiger partial charge < -0.3 is 55.8 Å². The number of aromatic hydroxyl groups is 2. The smallest absolute Gasteiger partial charge is 0.304 e. The summed E-state index contributed by atoms with van der Waals surface area (Å²) in [6.07, 6.45) is -9.28. The molecule has 14 heteroatoms. The van der Waals surface area contributed by atoms with Crippen LogP contribution in [0.15, 0.2) is 77.3 Å².